The molecule has 0 amide bonds. The van der Waals surface area contributed by atoms with Crippen molar-refractivity contribution in [2.45, 2.75) is 77.7 Å². The van der Waals surface area contributed by atoms with Crippen molar-refractivity contribution in [1.29, 1.82) is 0 Å². The fourth-order valence-corrected chi connectivity index (χ4v) is 7.90. The van der Waals surface area contributed by atoms with Crippen LogP contribution in [-0.2, 0) is 19.4 Å². The Morgan fingerprint density at radius 2 is 1.72 bits per heavy atom. The van der Waals surface area contributed by atoms with Gasteiger partial charge in [0.25, 0.3) is 0 Å². The number of Topliss-reactive ketones (excluding diaryl/α,β-unsaturated/α-hetero) is 1. The van der Waals surface area contributed by atoms with E-state index in [1.807, 2.05) is 0 Å². The van der Waals surface area contributed by atoms with Crippen molar-refractivity contribution >= 4 is 16.2 Å². The van der Waals surface area contributed by atoms with Gasteiger partial charge >= 0.3 is 0 Å². The summed E-state index contributed by atoms with van der Waals surface area (Å²) in [5.74, 6) is 2.59. The van der Waals surface area contributed by atoms with E-state index in [0.29, 0.717) is 35.9 Å². The highest BCUT2D eigenvalue weighted by molar-refractivity contribution is 7.80. The SMILES string of the molecule is C[C@]12CCC(=O)CC1CC[C@@H]1[C@@H]2CC[C@]2(C)C(OS(=O)(=O)[O-])CC[C@@H]12. The summed E-state index contributed by atoms with van der Waals surface area (Å²) in [6, 6.07) is 0. The van der Waals surface area contributed by atoms with Crippen LogP contribution in [0.5, 0.6) is 0 Å². The fourth-order valence-electron chi connectivity index (χ4n) is 7.30. The molecule has 6 heteroatoms. The van der Waals surface area contributed by atoms with E-state index in [4.69, 9.17) is 4.18 Å². The van der Waals surface area contributed by atoms with Crippen LogP contribution in [-0.4, -0.2) is 24.9 Å². The number of fused-ring (bicyclic) bond motifs is 5. The predicted molar refractivity (Wildman–Crippen MR) is 91.3 cm³/mol. The molecule has 0 heterocycles. The van der Waals surface area contributed by atoms with Crippen molar-refractivity contribution in [3.8, 4) is 0 Å². The van der Waals surface area contributed by atoms with Gasteiger partial charge < -0.3 is 4.55 Å². The molecule has 0 N–H and O–H groups in total. The van der Waals surface area contributed by atoms with E-state index in [0.717, 1.165) is 51.4 Å². The standard InChI is InChI=1S/C19H30O5S/c1-18-9-7-13(20)11-12(18)3-4-14-15-5-6-17(24-25(21,22)23)19(15,2)10-8-16(14)18/h12,14-17H,3-11H2,1-2H3,(H,21,22,23)/p-1/t12?,14-,15-,16-,17?,18-,19-/m0/s1. The quantitative estimate of drug-likeness (QED) is 0.550. The zero-order valence-electron chi connectivity index (χ0n) is 15.2. The third-order valence-electron chi connectivity index (χ3n) is 8.63. The minimum Gasteiger partial charge on any atom is -0.726 e. The van der Waals surface area contributed by atoms with Crippen LogP contribution in [0.4, 0.5) is 0 Å². The molecule has 0 saturated heterocycles. The minimum atomic E-state index is -4.65. The van der Waals surface area contributed by atoms with Gasteiger partial charge in [-0.15, -0.1) is 0 Å². The van der Waals surface area contributed by atoms with Crippen molar-refractivity contribution in [3.63, 3.8) is 0 Å². The lowest BCUT2D eigenvalue weighted by molar-refractivity contribution is -0.141. The van der Waals surface area contributed by atoms with Gasteiger partial charge in [0.2, 0.25) is 10.4 Å². The highest BCUT2D eigenvalue weighted by atomic mass is 32.3. The van der Waals surface area contributed by atoms with Crippen LogP contribution < -0.4 is 0 Å². The van der Waals surface area contributed by atoms with Gasteiger partial charge in [-0.05, 0) is 79.4 Å². The molecule has 4 saturated carbocycles. The van der Waals surface area contributed by atoms with E-state index in [1.54, 1.807) is 0 Å². The number of carbonyl (C=O) groups excluding carboxylic acids is 1. The summed E-state index contributed by atoms with van der Waals surface area (Å²) in [4.78, 5) is 11.9. The normalized spacial score (nSPS) is 50.0. The van der Waals surface area contributed by atoms with Gasteiger partial charge in [0.15, 0.2) is 0 Å². The molecule has 0 spiro atoms. The molecule has 0 aromatic carbocycles. The Balaban J connectivity index is 1.59. The van der Waals surface area contributed by atoms with Crippen molar-refractivity contribution < 1.29 is 21.9 Å². The molecule has 5 nitrogen and oxygen atoms in total. The first-order valence-corrected chi connectivity index (χ1v) is 11.1. The molecule has 7 atom stereocenters. The van der Waals surface area contributed by atoms with E-state index in [-0.39, 0.29) is 10.8 Å². The van der Waals surface area contributed by atoms with E-state index in [9.17, 15) is 17.8 Å². The highest BCUT2D eigenvalue weighted by Crippen LogP contribution is 2.66. The zero-order valence-corrected chi connectivity index (χ0v) is 16.0. The van der Waals surface area contributed by atoms with Crippen LogP contribution in [0.15, 0.2) is 0 Å². The predicted octanol–water partition coefficient (Wildman–Crippen LogP) is 3.44. The number of rotatable bonds is 2. The van der Waals surface area contributed by atoms with Gasteiger partial charge in [0.05, 0.1) is 6.10 Å². The van der Waals surface area contributed by atoms with Crippen molar-refractivity contribution in [2.24, 2.45) is 34.5 Å². The third kappa shape index (κ3) is 2.79. The van der Waals surface area contributed by atoms with E-state index < -0.39 is 16.5 Å². The van der Waals surface area contributed by atoms with Crippen LogP contribution in [0.1, 0.15) is 71.6 Å². The van der Waals surface area contributed by atoms with Crippen LogP contribution >= 0.6 is 0 Å². The maximum Gasteiger partial charge on any atom is 0.217 e. The monoisotopic (exact) mass is 369 g/mol. The summed E-state index contributed by atoms with van der Waals surface area (Å²) >= 11 is 0. The maximum atomic E-state index is 11.9. The Kier molecular flexibility index (Phi) is 4.14. The van der Waals surface area contributed by atoms with Crippen LogP contribution in [0, 0.1) is 34.5 Å². The summed E-state index contributed by atoms with van der Waals surface area (Å²) in [6.45, 7) is 4.53. The fraction of sp³-hybridized carbons (Fsp3) is 0.947. The molecule has 0 aromatic heterocycles. The first-order chi connectivity index (χ1) is 11.6. The van der Waals surface area contributed by atoms with E-state index in [2.05, 4.69) is 13.8 Å². The first kappa shape index (κ1) is 17.9. The van der Waals surface area contributed by atoms with Crippen molar-refractivity contribution in [1.82, 2.24) is 0 Å². The molecule has 0 radical (unpaired) electrons. The van der Waals surface area contributed by atoms with Gasteiger partial charge in [-0.2, -0.15) is 0 Å². The average molecular weight is 370 g/mol. The summed E-state index contributed by atoms with van der Waals surface area (Å²) in [5, 5.41) is 0. The van der Waals surface area contributed by atoms with E-state index in [1.165, 1.54) is 0 Å². The summed E-state index contributed by atoms with van der Waals surface area (Å²) in [6.07, 6.45) is 7.89. The van der Waals surface area contributed by atoms with Crippen LogP contribution in [0.2, 0.25) is 0 Å². The molecule has 4 fully saturated rings. The molecule has 4 rings (SSSR count). The molecule has 2 unspecified atom stereocenters. The largest absolute Gasteiger partial charge is 0.726 e. The van der Waals surface area contributed by atoms with Gasteiger partial charge in [0.1, 0.15) is 5.78 Å². The molecule has 142 valence electrons. The molecular weight excluding hydrogens is 340 g/mol. The Labute approximate surface area is 150 Å². The maximum absolute atomic E-state index is 11.9. The smallest absolute Gasteiger partial charge is 0.217 e. The summed E-state index contributed by atoms with van der Waals surface area (Å²) in [5.41, 5.74) is 0.0496. The number of hydrogen-bond donors (Lipinski definition) is 0. The second-order valence-electron chi connectivity index (χ2n) is 9.51. The molecule has 25 heavy (non-hydrogen) atoms. The molecule has 0 aromatic rings. The summed E-state index contributed by atoms with van der Waals surface area (Å²) in [7, 11) is -4.65. The number of ketones is 1. The molecule has 4 aliphatic rings. The summed E-state index contributed by atoms with van der Waals surface area (Å²) < 4.78 is 38.4. The molecule has 0 aliphatic heterocycles. The number of hydrogen-bond acceptors (Lipinski definition) is 5. The Morgan fingerprint density at radius 1 is 1.00 bits per heavy atom. The molecular formula is C19H29O5S-. The Bertz CT molecular complexity index is 673. The lowest BCUT2D eigenvalue weighted by atomic mass is 9.45. The average Bonchev–Trinajstić information content (AvgIpc) is 2.83. The first-order valence-electron chi connectivity index (χ1n) is 9.79. The molecule has 0 bridgehead atoms. The Morgan fingerprint density at radius 3 is 2.44 bits per heavy atom. The van der Waals surface area contributed by atoms with Gasteiger partial charge in [-0.1, -0.05) is 13.8 Å². The van der Waals surface area contributed by atoms with Crippen LogP contribution in [0.25, 0.3) is 0 Å². The highest BCUT2D eigenvalue weighted by Gasteiger charge is 2.60. The minimum absolute atomic E-state index is 0.202. The molecule has 4 aliphatic carbocycles. The Hall–Kier alpha value is -0.460. The second kappa shape index (κ2) is 5.77. The second-order valence-corrected chi connectivity index (χ2v) is 10.5. The van der Waals surface area contributed by atoms with Crippen LogP contribution in [0.3, 0.4) is 0 Å². The number of carbonyl (C=O) groups is 1. The lowest BCUT2D eigenvalue weighted by Crippen LogP contribution is -2.54. The van der Waals surface area contributed by atoms with E-state index >= 15 is 0 Å². The van der Waals surface area contributed by atoms with Crippen molar-refractivity contribution in [3.05, 3.63) is 0 Å². The van der Waals surface area contributed by atoms with Gasteiger partial charge in [0, 0.05) is 12.8 Å². The third-order valence-corrected chi connectivity index (χ3v) is 9.10. The van der Waals surface area contributed by atoms with Crippen molar-refractivity contribution in [2.75, 3.05) is 0 Å². The van der Waals surface area contributed by atoms with Gasteiger partial charge in [-0.3, -0.25) is 8.98 Å². The zero-order chi connectivity index (χ0) is 18.0. The lowest BCUT2D eigenvalue weighted by Gasteiger charge is -2.60. The van der Waals surface area contributed by atoms with Gasteiger partial charge in [-0.25, -0.2) is 8.42 Å². The topological polar surface area (TPSA) is 83.5 Å².